The molecule has 0 bridgehead atoms. The van der Waals surface area contributed by atoms with E-state index in [-0.39, 0.29) is 0 Å². The minimum atomic E-state index is -3.35. The molecule has 16 heavy (non-hydrogen) atoms. The van der Waals surface area contributed by atoms with Crippen molar-refractivity contribution in [3.8, 4) is 0 Å². The molecule has 0 radical (unpaired) electrons. The van der Waals surface area contributed by atoms with Crippen molar-refractivity contribution in [3.63, 3.8) is 0 Å². The van der Waals surface area contributed by atoms with E-state index in [1.165, 1.54) is 0 Å². The highest BCUT2D eigenvalue weighted by Gasteiger charge is 2.27. The molecule has 0 amide bonds. The molecule has 0 spiro atoms. The van der Waals surface area contributed by atoms with Crippen LogP contribution in [0.5, 0.6) is 0 Å². The second kappa shape index (κ2) is 4.95. The summed E-state index contributed by atoms with van der Waals surface area (Å²) in [6.07, 6.45) is 1.09. The number of hydrogen-bond acceptors (Lipinski definition) is 4. The van der Waals surface area contributed by atoms with E-state index in [2.05, 4.69) is 0 Å². The van der Waals surface area contributed by atoms with Gasteiger partial charge in [-0.05, 0) is 12.5 Å². The SMILES string of the molecule is Cc1ccc([C@H](N)[C@H](CO)S(C)(=O)=O)cc1. The third-order valence-electron chi connectivity index (χ3n) is 2.59. The van der Waals surface area contributed by atoms with Crippen LogP contribution in [0.1, 0.15) is 17.2 Å². The average molecular weight is 243 g/mol. The Bertz CT molecular complexity index is 439. The molecule has 2 atom stereocenters. The number of benzene rings is 1. The lowest BCUT2D eigenvalue weighted by molar-refractivity contribution is 0.278. The minimum absolute atomic E-state index is 0.464. The van der Waals surface area contributed by atoms with E-state index in [4.69, 9.17) is 10.8 Å². The van der Waals surface area contributed by atoms with Crippen molar-refractivity contribution in [2.24, 2.45) is 5.73 Å². The minimum Gasteiger partial charge on any atom is -0.395 e. The molecule has 0 saturated heterocycles. The van der Waals surface area contributed by atoms with Gasteiger partial charge in [0.05, 0.1) is 6.61 Å². The van der Waals surface area contributed by atoms with Crippen LogP contribution in [0.25, 0.3) is 0 Å². The first-order valence-electron chi connectivity index (χ1n) is 4.98. The first-order valence-corrected chi connectivity index (χ1v) is 6.93. The highest BCUT2D eigenvalue weighted by molar-refractivity contribution is 7.91. The number of sulfone groups is 1. The molecule has 0 aliphatic carbocycles. The van der Waals surface area contributed by atoms with Gasteiger partial charge in [-0.1, -0.05) is 29.8 Å². The van der Waals surface area contributed by atoms with Gasteiger partial charge in [0.1, 0.15) is 5.25 Å². The second-order valence-corrected chi connectivity index (χ2v) is 6.25. The highest BCUT2D eigenvalue weighted by Crippen LogP contribution is 2.19. The number of aryl methyl sites for hydroxylation is 1. The van der Waals surface area contributed by atoms with Gasteiger partial charge in [-0.3, -0.25) is 0 Å². The van der Waals surface area contributed by atoms with Gasteiger partial charge in [0.15, 0.2) is 9.84 Å². The Balaban J connectivity index is 3.00. The summed E-state index contributed by atoms with van der Waals surface area (Å²) in [6.45, 7) is 1.48. The van der Waals surface area contributed by atoms with Crippen LogP contribution in [-0.2, 0) is 9.84 Å². The molecule has 0 fully saturated rings. The second-order valence-electron chi connectivity index (χ2n) is 3.99. The molecule has 0 aliphatic heterocycles. The number of rotatable bonds is 4. The molecule has 1 rings (SSSR count). The van der Waals surface area contributed by atoms with Gasteiger partial charge in [0.25, 0.3) is 0 Å². The fourth-order valence-electron chi connectivity index (χ4n) is 1.52. The molecule has 1 aromatic rings. The molecular formula is C11H17NO3S. The van der Waals surface area contributed by atoms with Crippen LogP contribution >= 0.6 is 0 Å². The molecule has 4 nitrogen and oxygen atoms in total. The van der Waals surface area contributed by atoms with Gasteiger partial charge in [-0.2, -0.15) is 0 Å². The van der Waals surface area contributed by atoms with E-state index in [9.17, 15) is 8.42 Å². The maximum Gasteiger partial charge on any atom is 0.154 e. The number of aliphatic hydroxyl groups is 1. The summed E-state index contributed by atoms with van der Waals surface area (Å²) in [5.74, 6) is 0. The Morgan fingerprint density at radius 3 is 2.19 bits per heavy atom. The zero-order chi connectivity index (χ0) is 12.3. The standard InChI is InChI=1S/C11H17NO3S/c1-8-3-5-9(6-4-8)11(12)10(7-13)16(2,14)15/h3-6,10-11,13H,7,12H2,1-2H3/t10-,11-/m0/s1. The zero-order valence-electron chi connectivity index (χ0n) is 9.42. The van der Waals surface area contributed by atoms with E-state index in [1.54, 1.807) is 12.1 Å². The smallest absolute Gasteiger partial charge is 0.154 e. The van der Waals surface area contributed by atoms with Crippen LogP contribution in [0.2, 0.25) is 0 Å². The lowest BCUT2D eigenvalue weighted by Gasteiger charge is -2.20. The van der Waals surface area contributed by atoms with E-state index in [0.29, 0.717) is 0 Å². The van der Waals surface area contributed by atoms with E-state index >= 15 is 0 Å². The molecule has 0 aliphatic rings. The molecule has 0 unspecified atom stereocenters. The van der Waals surface area contributed by atoms with Gasteiger partial charge in [-0.25, -0.2) is 8.42 Å². The van der Waals surface area contributed by atoms with Gasteiger partial charge in [0.2, 0.25) is 0 Å². The number of aliphatic hydroxyl groups excluding tert-OH is 1. The topological polar surface area (TPSA) is 80.4 Å². The lowest BCUT2D eigenvalue weighted by atomic mass is 10.0. The summed E-state index contributed by atoms with van der Waals surface area (Å²) in [6, 6.07) is 6.61. The monoisotopic (exact) mass is 243 g/mol. The Hall–Kier alpha value is -0.910. The van der Waals surface area contributed by atoms with Crippen molar-refractivity contribution >= 4 is 9.84 Å². The van der Waals surface area contributed by atoms with Crippen molar-refractivity contribution < 1.29 is 13.5 Å². The quantitative estimate of drug-likeness (QED) is 0.802. The summed E-state index contributed by atoms with van der Waals surface area (Å²) in [4.78, 5) is 0. The van der Waals surface area contributed by atoms with Crippen LogP contribution in [0.4, 0.5) is 0 Å². The molecule has 90 valence electrons. The van der Waals surface area contributed by atoms with Gasteiger partial charge < -0.3 is 10.8 Å². The highest BCUT2D eigenvalue weighted by atomic mass is 32.2. The van der Waals surface area contributed by atoms with Crippen molar-refractivity contribution in [3.05, 3.63) is 35.4 Å². The summed E-state index contributed by atoms with van der Waals surface area (Å²) >= 11 is 0. The Labute approximate surface area is 96.0 Å². The molecule has 0 saturated carbocycles. The van der Waals surface area contributed by atoms with Crippen LogP contribution < -0.4 is 5.73 Å². The summed E-state index contributed by atoms with van der Waals surface area (Å²) in [5, 5.41) is 8.14. The van der Waals surface area contributed by atoms with Gasteiger partial charge in [0, 0.05) is 12.3 Å². The van der Waals surface area contributed by atoms with Crippen molar-refractivity contribution in [2.45, 2.75) is 18.2 Å². The Kier molecular flexibility index (Phi) is 4.07. The predicted octanol–water partition coefficient (Wildman–Crippen LogP) is 0.400. The first kappa shape index (κ1) is 13.2. The predicted molar refractivity (Wildman–Crippen MR) is 63.8 cm³/mol. The molecule has 5 heteroatoms. The van der Waals surface area contributed by atoms with Gasteiger partial charge in [-0.15, -0.1) is 0 Å². The van der Waals surface area contributed by atoms with Crippen molar-refractivity contribution in [2.75, 3.05) is 12.9 Å². The summed E-state index contributed by atoms with van der Waals surface area (Å²) < 4.78 is 22.8. The van der Waals surface area contributed by atoms with Crippen LogP contribution in [0, 0.1) is 6.92 Å². The average Bonchev–Trinajstić information content (AvgIpc) is 2.17. The third-order valence-corrected chi connectivity index (χ3v) is 4.13. The maximum absolute atomic E-state index is 11.4. The number of hydrogen-bond donors (Lipinski definition) is 2. The zero-order valence-corrected chi connectivity index (χ0v) is 10.2. The Morgan fingerprint density at radius 2 is 1.81 bits per heavy atom. The first-order chi connectivity index (χ1) is 7.36. The van der Waals surface area contributed by atoms with E-state index in [0.717, 1.165) is 17.4 Å². The van der Waals surface area contributed by atoms with Gasteiger partial charge >= 0.3 is 0 Å². The molecule has 1 aromatic carbocycles. The largest absolute Gasteiger partial charge is 0.395 e. The summed E-state index contributed by atoms with van der Waals surface area (Å²) in [7, 11) is -3.35. The van der Waals surface area contributed by atoms with Crippen LogP contribution in [0.3, 0.4) is 0 Å². The molecule has 3 N–H and O–H groups in total. The van der Waals surface area contributed by atoms with Crippen molar-refractivity contribution in [1.29, 1.82) is 0 Å². The molecule has 0 aromatic heterocycles. The lowest BCUT2D eigenvalue weighted by Crippen LogP contribution is -2.36. The van der Waals surface area contributed by atoms with E-state index < -0.39 is 27.7 Å². The molecular weight excluding hydrogens is 226 g/mol. The third kappa shape index (κ3) is 3.04. The molecule has 0 heterocycles. The Morgan fingerprint density at radius 1 is 1.31 bits per heavy atom. The van der Waals surface area contributed by atoms with Crippen molar-refractivity contribution in [1.82, 2.24) is 0 Å². The summed E-state index contributed by atoms with van der Waals surface area (Å²) in [5.41, 5.74) is 7.64. The van der Waals surface area contributed by atoms with Crippen LogP contribution in [0.15, 0.2) is 24.3 Å². The fraction of sp³-hybridized carbons (Fsp3) is 0.455. The fourth-order valence-corrected chi connectivity index (χ4v) is 2.48. The normalized spacial score (nSPS) is 15.8. The maximum atomic E-state index is 11.4. The van der Waals surface area contributed by atoms with E-state index in [1.807, 2.05) is 19.1 Å². The number of nitrogens with two attached hydrogens (primary N) is 1. The van der Waals surface area contributed by atoms with Crippen LogP contribution in [-0.4, -0.2) is 31.6 Å².